The van der Waals surface area contributed by atoms with Crippen LogP contribution in [0.1, 0.15) is 18.4 Å². The summed E-state index contributed by atoms with van der Waals surface area (Å²) in [5, 5.41) is 0. The summed E-state index contributed by atoms with van der Waals surface area (Å²) >= 11 is 0. The highest BCUT2D eigenvalue weighted by Crippen LogP contribution is 2.19. The summed E-state index contributed by atoms with van der Waals surface area (Å²) in [6.45, 7) is 1.13. The molecule has 0 bridgehead atoms. The fourth-order valence-corrected chi connectivity index (χ4v) is 2.77. The summed E-state index contributed by atoms with van der Waals surface area (Å²) in [5.41, 5.74) is 0.219. The fourth-order valence-electron chi connectivity index (χ4n) is 2.77. The summed E-state index contributed by atoms with van der Waals surface area (Å²) in [6.07, 6.45) is 4.79. The van der Waals surface area contributed by atoms with Crippen molar-refractivity contribution >= 4 is 5.91 Å². The van der Waals surface area contributed by atoms with Gasteiger partial charge < -0.3 is 9.64 Å². The lowest BCUT2D eigenvalue weighted by molar-refractivity contribution is -0.132. The summed E-state index contributed by atoms with van der Waals surface area (Å²) in [7, 11) is 0. The van der Waals surface area contributed by atoms with Crippen LogP contribution in [0.4, 0.5) is 8.78 Å². The number of benzene rings is 1. The maximum atomic E-state index is 13.6. The van der Waals surface area contributed by atoms with Gasteiger partial charge in [0.2, 0.25) is 5.91 Å². The summed E-state index contributed by atoms with van der Waals surface area (Å²) in [6, 6.07) is 6.89. The quantitative estimate of drug-likeness (QED) is 0.864. The Labute approximate surface area is 139 Å². The van der Waals surface area contributed by atoms with Gasteiger partial charge in [-0.05, 0) is 23.8 Å². The predicted octanol–water partition coefficient (Wildman–Crippen LogP) is 2.97. The average molecular weight is 332 g/mol. The first kappa shape index (κ1) is 16.4. The first-order valence-corrected chi connectivity index (χ1v) is 7.90. The zero-order chi connectivity index (χ0) is 16.9. The van der Waals surface area contributed by atoms with E-state index in [0.29, 0.717) is 13.1 Å². The molecule has 2 heterocycles. The van der Waals surface area contributed by atoms with Crippen molar-refractivity contribution in [2.45, 2.75) is 25.4 Å². The highest BCUT2D eigenvalue weighted by Gasteiger charge is 2.24. The van der Waals surface area contributed by atoms with Gasteiger partial charge in [0.15, 0.2) is 0 Å². The molecule has 0 atom stereocenters. The van der Waals surface area contributed by atoms with Gasteiger partial charge in [-0.2, -0.15) is 0 Å². The normalized spacial score (nSPS) is 15.3. The number of rotatable bonds is 4. The molecule has 1 aromatic heterocycles. The number of hydrogen-bond donors (Lipinski definition) is 0. The van der Waals surface area contributed by atoms with Crippen LogP contribution in [0.15, 0.2) is 42.7 Å². The number of aromatic nitrogens is 1. The molecule has 4 nitrogen and oxygen atoms in total. The van der Waals surface area contributed by atoms with E-state index in [9.17, 15) is 13.6 Å². The number of pyridine rings is 1. The molecule has 0 saturated carbocycles. The van der Waals surface area contributed by atoms with Gasteiger partial charge in [-0.15, -0.1) is 0 Å². The van der Waals surface area contributed by atoms with Crippen molar-refractivity contribution < 1.29 is 18.3 Å². The molecule has 1 aliphatic heterocycles. The Balaban J connectivity index is 1.51. The first-order chi connectivity index (χ1) is 11.6. The molecule has 0 N–H and O–H groups in total. The highest BCUT2D eigenvalue weighted by molar-refractivity contribution is 5.78. The second-order valence-corrected chi connectivity index (χ2v) is 5.79. The van der Waals surface area contributed by atoms with Crippen LogP contribution in [-0.4, -0.2) is 35.0 Å². The van der Waals surface area contributed by atoms with Gasteiger partial charge in [-0.25, -0.2) is 8.78 Å². The van der Waals surface area contributed by atoms with Crippen LogP contribution >= 0.6 is 0 Å². The maximum Gasteiger partial charge on any atom is 0.227 e. The molecule has 1 saturated heterocycles. The Bertz CT molecular complexity index is 701. The third kappa shape index (κ3) is 4.07. The summed E-state index contributed by atoms with van der Waals surface area (Å²) in [5.74, 6) is -0.706. The van der Waals surface area contributed by atoms with Crippen LogP contribution in [0.5, 0.6) is 5.75 Å². The number of carbonyl (C=O) groups is 1. The van der Waals surface area contributed by atoms with E-state index in [1.165, 1.54) is 12.1 Å². The molecule has 0 spiro atoms. The zero-order valence-corrected chi connectivity index (χ0v) is 13.1. The van der Waals surface area contributed by atoms with Crippen molar-refractivity contribution in [3.8, 4) is 5.75 Å². The second kappa shape index (κ2) is 7.38. The van der Waals surface area contributed by atoms with Crippen LogP contribution in [0.3, 0.4) is 0 Å². The topological polar surface area (TPSA) is 42.4 Å². The van der Waals surface area contributed by atoms with Crippen LogP contribution in [0.25, 0.3) is 0 Å². The maximum absolute atomic E-state index is 13.6. The van der Waals surface area contributed by atoms with Gasteiger partial charge in [0.1, 0.15) is 23.5 Å². The minimum Gasteiger partial charge on any atom is -0.490 e. The van der Waals surface area contributed by atoms with Crippen molar-refractivity contribution in [1.82, 2.24) is 9.88 Å². The van der Waals surface area contributed by atoms with Crippen LogP contribution < -0.4 is 4.74 Å². The van der Waals surface area contributed by atoms with Crippen molar-refractivity contribution in [3.05, 3.63) is 59.9 Å². The largest absolute Gasteiger partial charge is 0.490 e. The fraction of sp³-hybridized carbons (Fsp3) is 0.333. The van der Waals surface area contributed by atoms with E-state index >= 15 is 0 Å². The minimum atomic E-state index is -0.681. The van der Waals surface area contributed by atoms with E-state index in [1.807, 2.05) is 0 Å². The van der Waals surface area contributed by atoms with Crippen LogP contribution in [0, 0.1) is 11.6 Å². The smallest absolute Gasteiger partial charge is 0.227 e. The predicted molar refractivity (Wildman–Crippen MR) is 84.5 cm³/mol. The average Bonchev–Trinajstić information content (AvgIpc) is 2.59. The third-order valence-electron chi connectivity index (χ3n) is 4.10. The highest BCUT2D eigenvalue weighted by atomic mass is 19.1. The molecule has 1 aliphatic rings. The standard InChI is InChI=1S/C18H18F2N2O2/c19-14-2-1-13(17(20)12-14)11-18(23)22-9-5-16(6-10-22)24-15-3-7-21-8-4-15/h1-4,7-8,12,16H,5-6,9-11H2. The van der Waals surface area contributed by atoms with E-state index in [-0.39, 0.29) is 24.0 Å². The molecular formula is C18H18F2N2O2. The number of ether oxygens (including phenoxy) is 1. The third-order valence-corrected chi connectivity index (χ3v) is 4.10. The lowest BCUT2D eigenvalue weighted by Gasteiger charge is -2.32. The number of carbonyl (C=O) groups excluding carboxylic acids is 1. The van der Waals surface area contributed by atoms with Gasteiger partial charge >= 0.3 is 0 Å². The minimum absolute atomic E-state index is 0.0536. The van der Waals surface area contributed by atoms with Crippen LogP contribution in [0.2, 0.25) is 0 Å². The van der Waals surface area contributed by atoms with Crippen molar-refractivity contribution in [2.75, 3.05) is 13.1 Å². The second-order valence-electron chi connectivity index (χ2n) is 5.79. The lowest BCUT2D eigenvalue weighted by Crippen LogP contribution is -2.42. The molecule has 0 radical (unpaired) electrons. The first-order valence-electron chi connectivity index (χ1n) is 7.90. The number of amides is 1. The zero-order valence-electron chi connectivity index (χ0n) is 13.1. The summed E-state index contributed by atoms with van der Waals surface area (Å²) in [4.78, 5) is 17.9. The van der Waals surface area contributed by atoms with Gasteiger partial charge in [0, 0.05) is 44.4 Å². The molecular weight excluding hydrogens is 314 g/mol. The molecule has 0 unspecified atom stereocenters. The summed E-state index contributed by atoms with van der Waals surface area (Å²) < 4.78 is 32.4. The molecule has 1 aromatic carbocycles. The molecule has 6 heteroatoms. The SMILES string of the molecule is O=C(Cc1ccc(F)cc1F)N1CCC(Oc2ccncc2)CC1. The number of hydrogen-bond acceptors (Lipinski definition) is 3. The number of nitrogens with zero attached hydrogens (tertiary/aromatic N) is 2. The van der Waals surface area contributed by atoms with Gasteiger partial charge in [0.25, 0.3) is 0 Å². The van der Waals surface area contributed by atoms with Gasteiger partial charge in [0.05, 0.1) is 6.42 Å². The molecule has 2 aromatic rings. The molecule has 126 valence electrons. The number of piperidine rings is 1. The Kier molecular flexibility index (Phi) is 5.03. The Morgan fingerprint density at radius 2 is 1.88 bits per heavy atom. The Morgan fingerprint density at radius 1 is 1.17 bits per heavy atom. The lowest BCUT2D eigenvalue weighted by atomic mass is 10.1. The van der Waals surface area contributed by atoms with Gasteiger partial charge in [-0.1, -0.05) is 6.07 Å². The van der Waals surface area contributed by atoms with E-state index < -0.39 is 11.6 Å². The van der Waals surface area contributed by atoms with Crippen molar-refractivity contribution in [1.29, 1.82) is 0 Å². The van der Waals surface area contributed by atoms with E-state index in [2.05, 4.69) is 4.98 Å². The van der Waals surface area contributed by atoms with Crippen molar-refractivity contribution in [2.24, 2.45) is 0 Å². The Morgan fingerprint density at radius 3 is 2.54 bits per heavy atom. The molecule has 1 fully saturated rings. The van der Waals surface area contributed by atoms with E-state index in [4.69, 9.17) is 4.74 Å². The monoisotopic (exact) mass is 332 g/mol. The molecule has 1 amide bonds. The van der Waals surface area contributed by atoms with E-state index in [0.717, 1.165) is 24.7 Å². The Hall–Kier alpha value is -2.50. The molecule has 3 rings (SSSR count). The van der Waals surface area contributed by atoms with Crippen molar-refractivity contribution in [3.63, 3.8) is 0 Å². The van der Waals surface area contributed by atoms with E-state index in [1.54, 1.807) is 29.4 Å². The number of likely N-dealkylation sites (tertiary alicyclic amines) is 1. The molecule has 24 heavy (non-hydrogen) atoms. The molecule has 0 aliphatic carbocycles. The van der Waals surface area contributed by atoms with Gasteiger partial charge in [-0.3, -0.25) is 9.78 Å². The van der Waals surface area contributed by atoms with Crippen LogP contribution in [-0.2, 0) is 11.2 Å². The number of halogens is 2.